The van der Waals surface area contributed by atoms with Crippen molar-refractivity contribution in [2.24, 2.45) is 11.7 Å². The van der Waals surface area contributed by atoms with Gasteiger partial charge in [0, 0.05) is 12.6 Å². The molecule has 0 bridgehead atoms. The molecule has 0 spiro atoms. The number of nitrogens with two attached hydrogens (primary N) is 2. The second kappa shape index (κ2) is 5.31. The molecular formula is C15H22N4O. The second-order valence-electron chi connectivity index (χ2n) is 5.92. The molecule has 5 nitrogen and oxygen atoms in total. The highest BCUT2D eigenvalue weighted by Gasteiger charge is 2.34. The van der Waals surface area contributed by atoms with Crippen LogP contribution in [-0.4, -0.2) is 23.5 Å². The molecule has 3 rings (SSSR count). The fraction of sp³-hybridized carbons (Fsp3) is 0.600. The van der Waals surface area contributed by atoms with E-state index in [0.717, 1.165) is 18.3 Å². The predicted octanol–water partition coefficient (Wildman–Crippen LogP) is 1.92. The van der Waals surface area contributed by atoms with Crippen molar-refractivity contribution < 1.29 is 4.79 Å². The average molecular weight is 274 g/mol. The standard InChI is InChI=1S/C15H22N4O/c16-11-7-8-12(14(17)20)18-15(11)19-9-3-5-10-4-1-2-6-13(10)19/h7-8,10,13H,1-6,9,16H2,(H2,17,20)/t10-,13-/m1/s1. The summed E-state index contributed by atoms with van der Waals surface area (Å²) in [6, 6.07) is 3.87. The molecule has 2 heterocycles. The van der Waals surface area contributed by atoms with Crippen molar-refractivity contribution in [3.05, 3.63) is 17.8 Å². The lowest BCUT2D eigenvalue weighted by molar-refractivity contribution is 0.0995. The predicted molar refractivity (Wildman–Crippen MR) is 79.5 cm³/mol. The summed E-state index contributed by atoms with van der Waals surface area (Å²) in [5.41, 5.74) is 12.4. The number of anilines is 2. The Morgan fingerprint density at radius 1 is 1.20 bits per heavy atom. The maximum Gasteiger partial charge on any atom is 0.267 e. The molecule has 5 heteroatoms. The minimum absolute atomic E-state index is 0.298. The third kappa shape index (κ3) is 2.32. The van der Waals surface area contributed by atoms with Gasteiger partial charge in [0.2, 0.25) is 0 Å². The first kappa shape index (κ1) is 13.2. The molecule has 1 saturated heterocycles. The maximum atomic E-state index is 11.3. The van der Waals surface area contributed by atoms with Crippen molar-refractivity contribution in [3.63, 3.8) is 0 Å². The number of nitrogens with zero attached hydrogens (tertiary/aromatic N) is 2. The molecular weight excluding hydrogens is 252 g/mol. The van der Waals surface area contributed by atoms with Crippen LogP contribution >= 0.6 is 0 Å². The second-order valence-corrected chi connectivity index (χ2v) is 5.92. The zero-order valence-electron chi connectivity index (χ0n) is 11.7. The van der Waals surface area contributed by atoms with Crippen LogP contribution in [0, 0.1) is 5.92 Å². The Labute approximate surface area is 119 Å². The number of aromatic nitrogens is 1. The van der Waals surface area contributed by atoms with Gasteiger partial charge in [0.1, 0.15) is 5.69 Å². The van der Waals surface area contributed by atoms with E-state index in [2.05, 4.69) is 9.88 Å². The van der Waals surface area contributed by atoms with Gasteiger partial charge < -0.3 is 16.4 Å². The van der Waals surface area contributed by atoms with E-state index in [1.165, 1.54) is 38.5 Å². The Kier molecular flexibility index (Phi) is 3.51. The summed E-state index contributed by atoms with van der Waals surface area (Å²) >= 11 is 0. The molecule has 1 amide bonds. The number of carbonyl (C=O) groups is 1. The molecule has 2 fully saturated rings. The van der Waals surface area contributed by atoms with Gasteiger partial charge in [-0.1, -0.05) is 12.8 Å². The van der Waals surface area contributed by atoms with Crippen LogP contribution in [0.15, 0.2) is 12.1 Å². The highest BCUT2D eigenvalue weighted by Crippen LogP contribution is 2.38. The van der Waals surface area contributed by atoms with Crippen LogP contribution in [0.1, 0.15) is 49.0 Å². The third-order valence-corrected chi connectivity index (χ3v) is 4.67. The lowest BCUT2D eigenvalue weighted by Gasteiger charge is -2.45. The lowest BCUT2D eigenvalue weighted by atomic mass is 9.78. The van der Waals surface area contributed by atoms with E-state index in [0.29, 0.717) is 17.4 Å². The number of amides is 1. The van der Waals surface area contributed by atoms with E-state index in [1.807, 2.05) is 0 Å². The summed E-state index contributed by atoms with van der Waals surface area (Å²) in [5.74, 6) is 0.997. The number of fused-ring (bicyclic) bond motifs is 1. The fourth-order valence-corrected chi connectivity index (χ4v) is 3.71. The summed E-state index contributed by atoms with van der Waals surface area (Å²) in [6.07, 6.45) is 7.58. The number of primary amides is 1. The molecule has 1 aliphatic heterocycles. The number of piperidine rings is 1. The Balaban J connectivity index is 1.94. The monoisotopic (exact) mass is 274 g/mol. The first-order valence-electron chi connectivity index (χ1n) is 7.50. The molecule has 0 radical (unpaired) electrons. The smallest absolute Gasteiger partial charge is 0.267 e. The minimum atomic E-state index is -0.497. The van der Waals surface area contributed by atoms with E-state index in [1.54, 1.807) is 12.1 Å². The summed E-state index contributed by atoms with van der Waals surface area (Å²) in [4.78, 5) is 18.1. The molecule has 1 aromatic heterocycles. The van der Waals surface area contributed by atoms with Crippen LogP contribution in [0.25, 0.3) is 0 Å². The Morgan fingerprint density at radius 3 is 2.75 bits per heavy atom. The number of carbonyl (C=O) groups excluding carboxylic acids is 1. The third-order valence-electron chi connectivity index (χ3n) is 4.67. The Bertz CT molecular complexity index is 515. The lowest BCUT2D eigenvalue weighted by Crippen LogP contribution is -2.47. The number of nitrogen functional groups attached to an aromatic ring is 1. The van der Waals surface area contributed by atoms with Gasteiger partial charge in [-0.2, -0.15) is 0 Å². The molecule has 1 aliphatic carbocycles. The van der Waals surface area contributed by atoms with Gasteiger partial charge in [-0.3, -0.25) is 4.79 Å². The summed E-state index contributed by atoms with van der Waals surface area (Å²) in [5, 5.41) is 0. The van der Waals surface area contributed by atoms with E-state index in [4.69, 9.17) is 11.5 Å². The average Bonchev–Trinajstić information content (AvgIpc) is 2.47. The number of rotatable bonds is 2. The van der Waals surface area contributed by atoms with Crippen molar-refractivity contribution >= 4 is 17.4 Å². The molecule has 1 aromatic rings. The zero-order valence-corrected chi connectivity index (χ0v) is 11.7. The zero-order chi connectivity index (χ0) is 14.1. The highest BCUT2D eigenvalue weighted by molar-refractivity contribution is 5.92. The summed E-state index contributed by atoms with van der Waals surface area (Å²) in [7, 11) is 0. The van der Waals surface area contributed by atoms with Crippen LogP contribution in [0.2, 0.25) is 0 Å². The number of pyridine rings is 1. The van der Waals surface area contributed by atoms with Crippen LogP contribution in [0.5, 0.6) is 0 Å². The van der Waals surface area contributed by atoms with Crippen molar-refractivity contribution in [2.75, 3.05) is 17.2 Å². The summed E-state index contributed by atoms with van der Waals surface area (Å²) in [6.45, 7) is 0.973. The van der Waals surface area contributed by atoms with Gasteiger partial charge in [0.25, 0.3) is 5.91 Å². The number of hydrogen-bond acceptors (Lipinski definition) is 4. The van der Waals surface area contributed by atoms with E-state index in [-0.39, 0.29) is 0 Å². The van der Waals surface area contributed by atoms with E-state index in [9.17, 15) is 4.79 Å². The van der Waals surface area contributed by atoms with Gasteiger partial charge in [0.05, 0.1) is 5.69 Å². The first-order valence-corrected chi connectivity index (χ1v) is 7.50. The quantitative estimate of drug-likeness (QED) is 0.862. The molecule has 20 heavy (non-hydrogen) atoms. The molecule has 4 N–H and O–H groups in total. The molecule has 108 valence electrons. The molecule has 0 unspecified atom stereocenters. The topological polar surface area (TPSA) is 85.2 Å². The largest absolute Gasteiger partial charge is 0.396 e. The van der Waals surface area contributed by atoms with Crippen LogP contribution in [0.4, 0.5) is 11.5 Å². The van der Waals surface area contributed by atoms with Gasteiger partial charge in [0.15, 0.2) is 5.82 Å². The van der Waals surface area contributed by atoms with Crippen molar-refractivity contribution in [1.82, 2.24) is 4.98 Å². The van der Waals surface area contributed by atoms with Crippen molar-refractivity contribution in [1.29, 1.82) is 0 Å². The number of hydrogen-bond donors (Lipinski definition) is 2. The Hall–Kier alpha value is -1.78. The van der Waals surface area contributed by atoms with Gasteiger partial charge in [-0.15, -0.1) is 0 Å². The first-order chi connectivity index (χ1) is 9.66. The van der Waals surface area contributed by atoms with Gasteiger partial charge in [-0.05, 0) is 43.7 Å². The van der Waals surface area contributed by atoms with E-state index < -0.39 is 5.91 Å². The minimum Gasteiger partial charge on any atom is -0.396 e. The normalized spacial score (nSPS) is 26.1. The highest BCUT2D eigenvalue weighted by atomic mass is 16.1. The maximum absolute atomic E-state index is 11.3. The van der Waals surface area contributed by atoms with Crippen molar-refractivity contribution in [3.8, 4) is 0 Å². The van der Waals surface area contributed by atoms with E-state index >= 15 is 0 Å². The molecule has 0 aromatic carbocycles. The molecule has 2 atom stereocenters. The SMILES string of the molecule is NC(=O)c1ccc(N)c(N2CCC[C@H]3CCCC[C@H]32)n1. The fourth-order valence-electron chi connectivity index (χ4n) is 3.71. The Morgan fingerprint density at radius 2 is 1.95 bits per heavy atom. The van der Waals surface area contributed by atoms with Crippen LogP contribution < -0.4 is 16.4 Å². The van der Waals surface area contributed by atoms with Crippen molar-refractivity contribution in [2.45, 2.75) is 44.6 Å². The summed E-state index contributed by atoms with van der Waals surface area (Å²) < 4.78 is 0. The molecule has 2 aliphatic rings. The molecule has 1 saturated carbocycles. The van der Waals surface area contributed by atoms with Gasteiger partial charge in [-0.25, -0.2) is 4.98 Å². The van der Waals surface area contributed by atoms with Gasteiger partial charge >= 0.3 is 0 Å². The van der Waals surface area contributed by atoms with Crippen LogP contribution in [0.3, 0.4) is 0 Å². The van der Waals surface area contributed by atoms with Crippen LogP contribution in [-0.2, 0) is 0 Å².